The fourth-order valence-electron chi connectivity index (χ4n) is 3.91. The summed E-state index contributed by atoms with van der Waals surface area (Å²) in [5.74, 6) is 1.82. The molecule has 1 aromatic heterocycles. The van der Waals surface area contributed by atoms with E-state index in [1.165, 1.54) is 24.8 Å². The van der Waals surface area contributed by atoms with Crippen LogP contribution in [0.5, 0.6) is 0 Å². The average molecular weight is 395 g/mol. The van der Waals surface area contributed by atoms with Gasteiger partial charge in [0, 0.05) is 56.7 Å². The van der Waals surface area contributed by atoms with E-state index in [4.69, 9.17) is 4.98 Å². The first-order valence-corrected chi connectivity index (χ1v) is 10.6. The van der Waals surface area contributed by atoms with Crippen LogP contribution in [0, 0.1) is 13.8 Å². The van der Waals surface area contributed by atoms with E-state index in [0.717, 1.165) is 49.3 Å². The van der Waals surface area contributed by atoms with E-state index in [0.29, 0.717) is 13.1 Å². The van der Waals surface area contributed by atoms with E-state index < -0.39 is 0 Å². The minimum Gasteiger partial charge on any atom is -0.356 e. The van der Waals surface area contributed by atoms with Crippen molar-refractivity contribution in [2.75, 3.05) is 54.4 Å². The first kappa shape index (κ1) is 19.5. The maximum atomic E-state index is 12.6. The Bertz CT molecular complexity index is 839. The molecule has 2 aliphatic rings. The molecule has 7 heteroatoms. The Morgan fingerprint density at radius 3 is 2.24 bits per heavy atom. The van der Waals surface area contributed by atoms with Crippen LogP contribution >= 0.6 is 0 Å². The fraction of sp³-hybridized carbons (Fsp3) is 0.500. The maximum absolute atomic E-state index is 12.6. The van der Waals surface area contributed by atoms with Crippen molar-refractivity contribution in [2.24, 2.45) is 0 Å². The first-order valence-electron chi connectivity index (χ1n) is 10.6. The number of carbonyl (C=O) groups is 1. The molecule has 4 rings (SSSR count). The number of rotatable bonds is 3. The molecule has 0 radical (unpaired) electrons. The van der Waals surface area contributed by atoms with Crippen LogP contribution in [0.4, 0.5) is 22.2 Å². The van der Waals surface area contributed by atoms with Crippen molar-refractivity contribution in [1.29, 1.82) is 0 Å². The largest absolute Gasteiger partial charge is 0.356 e. The van der Waals surface area contributed by atoms with Gasteiger partial charge < -0.3 is 20.0 Å². The third-order valence-corrected chi connectivity index (χ3v) is 5.66. The van der Waals surface area contributed by atoms with Crippen LogP contribution in [0.15, 0.2) is 30.3 Å². The molecular formula is C22H30N6O. The normalized spacial score (nSPS) is 17.4. The third-order valence-electron chi connectivity index (χ3n) is 5.66. The number of anilines is 3. The highest BCUT2D eigenvalue weighted by atomic mass is 16.2. The number of piperazine rings is 1. The van der Waals surface area contributed by atoms with Gasteiger partial charge in [-0.2, -0.15) is 4.98 Å². The smallest absolute Gasteiger partial charge is 0.321 e. The van der Waals surface area contributed by atoms with Gasteiger partial charge in [-0.1, -0.05) is 17.7 Å². The molecule has 1 aromatic carbocycles. The molecule has 3 heterocycles. The van der Waals surface area contributed by atoms with E-state index in [2.05, 4.69) is 26.2 Å². The highest BCUT2D eigenvalue weighted by molar-refractivity contribution is 5.89. The van der Waals surface area contributed by atoms with Crippen LogP contribution in [-0.4, -0.2) is 60.2 Å². The van der Waals surface area contributed by atoms with Crippen molar-refractivity contribution < 1.29 is 4.79 Å². The van der Waals surface area contributed by atoms with Crippen molar-refractivity contribution >= 4 is 23.5 Å². The van der Waals surface area contributed by atoms with Crippen LogP contribution in [0.1, 0.15) is 30.5 Å². The molecule has 1 N–H and O–H groups in total. The van der Waals surface area contributed by atoms with Gasteiger partial charge in [-0.15, -0.1) is 0 Å². The van der Waals surface area contributed by atoms with Crippen LogP contribution in [0.3, 0.4) is 0 Å². The molecule has 2 aliphatic heterocycles. The Balaban J connectivity index is 1.37. The van der Waals surface area contributed by atoms with Gasteiger partial charge in [0.15, 0.2) is 0 Å². The van der Waals surface area contributed by atoms with Gasteiger partial charge in [-0.05, 0) is 45.2 Å². The van der Waals surface area contributed by atoms with E-state index >= 15 is 0 Å². The Labute approximate surface area is 172 Å². The van der Waals surface area contributed by atoms with E-state index in [-0.39, 0.29) is 6.03 Å². The first-order chi connectivity index (χ1) is 14.1. The number of amides is 2. The van der Waals surface area contributed by atoms with Gasteiger partial charge in [0.05, 0.1) is 0 Å². The summed E-state index contributed by atoms with van der Waals surface area (Å²) < 4.78 is 0. The summed E-state index contributed by atoms with van der Waals surface area (Å²) in [6.07, 6.45) is 3.76. The Kier molecular flexibility index (Phi) is 5.83. The molecule has 0 aliphatic carbocycles. The highest BCUT2D eigenvalue weighted by Gasteiger charge is 2.24. The summed E-state index contributed by atoms with van der Waals surface area (Å²) in [5.41, 5.74) is 3.00. The number of carbonyl (C=O) groups excluding carboxylic acids is 1. The lowest BCUT2D eigenvalue weighted by atomic mass is 10.1. The molecule has 2 aromatic rings. The van der Waals surface area contributed by atoms with Crippen molar-refractivity contribution in [1.82, 2.24) is 14.9 Å². The Morgan fingerprint density at radius 1 is 0.862 bits per heavy atom. The molecule has 2 amide bonds. The maximum Gasteiger partial charge on any atom is 0.321 e. The van der Waals surface area contributed by atoms with Gasteiger partial charge in [-0.25, -0.2) is 9.78 Å². The molecule has 0 bridgehead atoms. The number of piperidine rings is 1. The number of nitrogens with zero attached hydrogens (tertiary/aromatic N) is 5. The van der Waals surface area contributed by atoms with Gasteiger partial charge in [0.2, 0.25) is 5.95 Å². The molecule has 0 saturated carbocycles. The van der Waals surface area contributed by atoms with Crippen molar-refractivity contribution in [3.8, 4) is 0 Å². The van der Waals surface area contributed by atoms with Crippen LogP contribution in [-0.2, 0) is 0 Å². The summed E-state index contributed by atoms with van der Waals surface area (Å²) in [7, 11) is 0. The molecule has 0 spiro atoms. The molecule has 154 valence electrons. The minimum absolute atomic E-state index is 0.0485. The van der Waals surface area contributed by atoms with Crippen LogP contribution < -0.4 is 15.1 Å². The molecular weight excluding hydrogens is 364 g/mol. The van der Waals surface area contributed by atoms with Crippen molar-refractivity contribution in [3.63, 3.8) is 0 Å². The third kappa shape index (κ3) is 4.78. The SMILES string of the molecule is Cc1ccc(NC(=O)N2CCN(c3nc(C)cc(N4CCCCC4)n3)CC2)cc1. The molecule has 7 nitrogen and oxygen atoms in total. The summed E-state index contributed by atoms with van der Waals surface area (Å²) in [4.78, 5) is 28.5. The number of hydrogen-bond donors (Lipinski definition) is 1. The second kappa shape index (κ2) is 8.68. The van der Waals surface area contributed by atoms with Crippen molar-refractivity contribution in [2.45, 2.75) is 33.1 Å². The van der Waals surface area contributed by atoms with Crippen LogP contribution in [0.2, 0.25) is 0 Å². The monoisotopic (exact) mass is 394 g/mol. The summed E-state index contributed by atoms with van der Waals surface area (Å²) >= 11 is 0. The fourth-order valence-corrected chi connectivity index (χ4v) is 3.91. The number of urea groups is 1. The Hall–Kier alpha value is -2.83. The number of hydrogen-bond acceptors (Lipinski definition) is 5. The zero-order chi connectivity index (χ0) is 20.2. The lowest BCUT2D eigenvalue weighted by molar-refractivity contribution is 0.208. The number of benzene rings is 1. The molecule has 2 fully saturated rings. The standard InChI is InChI=1S/C22H30N6O/c1-17-6-8-19(9-7-17)24-22(29)28-14-12-27(13-15-28)21-23-18(2)16-20(25-21)26-10-4-3-5-11-26/h6-9,16H,3-5,10-15H2,1-2H3,(H,24,29). The number of aromatic nitrogens is 2. The lowest BCUT2D eigenvalue weighted by Crippen LogP contribution is -2.50. The quantitative estimate of drug-likeness (QED) is 0.864. The van der Waals surface area contributed by atoms with E-state index in [1.807, 2.05) is 43.0 Å². The van der Waals surface area contributed by atoms with E-state index in [1.54, 1.807) is 0 Å². The molecule has 0 unspecified atom stereocenters. The lowest BCUT2D eigenvalue weighted by Gasteiger charge is -2.35. The van der Waals surface area contributed by atoms with Gasteiger partial charge >= 0.3 is 6.03 Å². The average Bonchev–Trinajstić information content (AvgIpc) is 2.75. The van der Waals surface area contributed by atoms with Gasteiger partial charge in [0.25, 0.3) is 0 Å². The summed E-state index contributed by atoms with van der Waals surface area (Å²) in [5, 5.41) is 2.99. The molecule has 2 saturated heterocycles. The predicted molar refractivity (Wildman–Crippen MR) is 117 cm³/mol. The summed E-state index contributed by atoms with van der Waals surface area (Å²) in [6.45, 7) is 9.01. The van der Waals surface area contributed by atoms with Gasteiger partial charge in [-0.3, -0.25) is 0 Å². The number of aryl methyl sites for hydroxylation is 2. The molecule has 0 atom stereocenters. The number of nitrogens with one attached hydrogen (secondary N) is 1. The topological polar surface area (TPSA) is 64.6 Å². The molecule has 29 heavy (non-hydrogen) atoms. The predicted octanol–water partition coefficient (Wildman–Crippen LogP) is 3.44. The summed E-state index contributed by atoms with van der Waals surface area (Å²) in [6, 6.07) is 9.91. The zero-order valence-corrected chi connectivity index (χ0v) is 17.4. The van der Waals surface area contributed by atoms with E-state index in [9.17, 15) is 4.79 Å². The van der Waals surface area contributed by atoms with Crippen LogP contribution in [0.25, 0.3) is 0 Å². The van der Waals surface area contributed by atoms with Gasteiger partial charge in [0.1, 0.15) is 5.82 Å². The second-order valence-electron chi connectivity index (χ2n) is 7.99. The Morgan fingerprint density at radius 2 is 1.55 bits per heavy atom. The minimum atomic E-state index is -0.0485. The second-order valence-corrected chi connectivity index (χ2v) is 7.99. The highest BCUT2D eigenvalue weighted by Crippen LogP contribution is 2.22. The van der Waals surface area contributed by atoms with Crippen molar-refractivity contribution in [3.05, 3.63) is 41.6 Å². The zero-order valence-electron chi connectivity index (χ0n) is 17.4.